The Hall–Kier alpha value is -1.64. The first-order valence-electron chi connectivity index (χ1n) is 5.52. The summed E-state index contributed by atoms with van der Waals surface area (Å²) in [6.45, 7) is -0.520. The van der Waals surface area contributed by atoms with E-state index in [0.29, 0.717) is 10.5 Å². The largest absolute Gasteiger partial charge is 0.471 e. The molecule has 1 aromatic rings. The molecule has 0 atom stereocenters. The minimum Gasteiger partial charge on any atom is -0.330 e. The molecule has 108 valence electrons. The number of nitro benzene ring substituents is 1. The molecule has 0 unspecified atom stereocenters. The highest BCUT2D eigenvalue weighted by molar-refractivity contribution is 9.10. The van der Waals surface area contributed by atoms with Gasteiger partial charge in [0.25, 0.3) is 5.69 Å². The van der Waals surface area contributed by atoms with Gasteiger partial charge in [0.2, 0.25) is 0 Å². The summed E-state index contributed by atoms with van der Waals surface area (Å²) in [4.78, 5) is 22.2. The van der Waals surface area contributed by atoms with E-state index >= 15 is 0 Å². The minimum atomic E-state index is -4.97. The van der Waals surface area contributed by atoms with Crippen LogP contribution in [0.2, 0.25) is 0 Å². The Morgan fingerprint density at radius 3 is 2.60 bits per heavy atom. The molecule has 0 aliphatic carbocycles. The predicted molar refractivity (Wildman–Crippen MR) is 66.0 cm³/mol. The number of carbonyl (C=O) groups excluding carboxylic acids is 1. The van der Waals surface area contributed by atoms with E-state index in [4.69, 9.17) is 0 Å². The van der Waals surface area contributed by atoms with Crippen LogP contribution in [0.25, 0.3) is 0 Å². The van der Waals surface area contributed by atoms with E-state index in [2.05, 4.69) is 15.9 Å². The molecular formula is C11H8BrF3N2O3. The molecular weight excluding hydrogens is 345 g/mol. The molecule has 0 N–H and O–H groups in total. The van der Waals surface area contributed by atoms with Crippen molar-refractivity contribution in [1.82, 2.24) is 4.90 Å². The lowest BCUT2D eigenvalue weighted by molar-refractivity contribution is -0.386. The van der Waals surface area contributed by atoms with E-state index in [1.807, 2.05) is 0 Å². The van der Waals surface area contributed by atoms with Gasteiger partial charge in [-0.05, 0) is 34.0 Å². The highest BCUT2D eigenvalue weighted by Gasteiger charge is 2.44. The molecule has 1 amide bonds. The van der Waals surface area contributed by atoms with Gasteiger partial charge in [0.1, 0.15) is 0 Å². The smallest absolute Gasteiger partial charge is 0.330 e. The van der Waals surface area contributed by atoms with Crippen LogP contribution in [0.3, 0.4) is 0 Å². The van der Waals surface area contributed by atoms with Gasteiger partial charge in [-0.2, -0.15) is 13.2 Å². The fraction of sp³-hybridized carbons (Fsp3) is 0.364. The average Bonchev–Trinajstić information content (AvgIpc) is 2.35. The summed E-state index contributed by atoms with van der Waals surface area (Å²) >= 11 is 3.01. The maximum Gasteiger partial charge on any atom is 0.471 e. The summed E-state index contributed by atoms with van der Waals surface area (Å²) < 4.78 is 37.4. The zero-order chi connectivity index (χ0) is 15.1. The maximum atomic E-state index is 12.4. The quantitative estimate of drug-likeness (QED) is 0.576. The zero-order valence-electron chi connectivity index (χ0n) is 9.91. The van der Waals surface area contributed by atoms with Gasteiger partial charge in [0.15, 0.2) is 0 Å². The molecule has 2 rings (SSSR count). The summed E-state index contributed by atoms with van der Waals surface area (Å²) in [5.41, 5.74) is 0.446. The number of rotatable bonds is 1. The van der Waals surface area contributed by atoms with Gasteiger partial charge in [-0.25, -0.2) is 0 Å². The van der Waals surface area contributed by atoms with Crippen molar-refractivity contribution in [2.75, 3.05) is 6.54 Å². The van der Waals surface area contributed by atoms with Gasteiger partial charge in [-0.1, -0.05) is 6.07 Å². The summed E-state index contributed by atoms with van der Waals surface area (Å²) in [6.07, 6.45) is -4.82. The summed E-state index contributed by atoms with van der Waals surface area (Å²) in [7, 11) is 0. The third-order valence-electron chi connectivity index (χ3n) is 3.04. The third-order valence-corrected chi connectivity index (χ3v) is 3.68. The van der Waals surface area contributed by atoms with Crippen molar-refractivity contribution in [1.29, 1.82) is 0 Å². The fourth-order valence-electron chi connectivity index (χ4n) is 2.14. The van der Waals surface area contributed by atoms with Gasteiger partial charge in [-0.3, -0.25) is 14.9 Å². The molecule has 1 aliphatic rings. The molecule has 1 aromatic carbocycles. The van der Waals surface area contributed by atoms with Crippen molar-refractivity contribution in [2.45, 2.75) is 19.1 Å². The molecule has 0 saturated carbocycles. The van der Waals surface area contributed by atoms with Gasteiger partial charge >= 0.3 is 12.1 Å². The molecule has 20 heavy (non-hydrogen) atoms. The lowest BCUT2D eigenvalue weighted by Gasteiger charge is -2.29. The van der Waals surface area contributed by atoms with Crippen molar-refractivity contribution >= 4 is 27.5 Å². The molecule has 5 nitrogen and oxygen atoms in total. The normalized spacial score (nSPS) is 14.9. The maximum absolute atomic E-state index is 12.4. The van der Waals surface area contributed by atoms with E-state index in [9.17, 15) is 28.1 Å². The number of carbonyl (C=O) groups is 1. The average molecular weight is 353 g/mol. The predicted octanol–water partition coefficient (Wildman–Crippen LogP) is 2.80. The van der Waals surface area contributed by atoms with E-state index in [1.54, 1.807) is 6.07 Å². The van der Waals surface area contributed by atoms with Crippen LogP contribution in [0.5, 0.6) is 0 Å². The number of nitro groups is 1. The first kappa shape index (κ1) is 14.8. The second kappa shape index (κ2) is 5.04. The Kier molecular flexibility index (Phi) is 3.72. The van der Waals surface area contributed by atoms with Crippen molar-refractivity contribution in [3.63, 3.8) is 0 Å². The van der Waals surface area contributed by atoms with Crippen LogP contribution in [-0.2, 0) is 17.8 Å². The SMILES string of the molecule is O=C(N1CCc2ccc(Br)c([N+](=O)[O-])c2C1)C(F)(F)F. The standard InChI is InChI=1S/C11H8BrF3N2O3/c12-8-2-1-6-3-4-16(10(18)11(13,14)15)5-7(6)9(8)17(19)20/h1-2H,3-5H2. The fourth-order valence-corrected chi connectivity index (χ4v) is 2.65. The first-order chi connectivity index (χ1) is 9.21. The molecule has 0 fully saturated rings. The van der Waals surface area contributed by atoms with Crippen LogP contribution in [0.1, 0.15) is 11.1 Å². The van der Waals surface area contributed by atoms with Gasteiger partial charge < -0.3 is 4.90 Å². The number of hydrogen-bond donors (Lipinski definition) is 0. The lowest BCUT2D eigenvalue weighted by Crippen LogP contribution is -2.43. The Morgan fingerprint density at radius 2 is 2.05 bits per heavy atom. The van der Waals surface area contributed by atoms with Crippen LogP contribution >= 0.6 is 15.9 Å². The first-order valence-corrected chi connectivity index (χ1v) is 6.32. The zero-order valence-corrected chi connectivity index (χ0v) is 11.5. The number of fused-ring (bicyclic) bond motifs is 1. The van der Waals surface area contributed by atoms with Crippen molar-refractivity contribution in [3.05, 3.63) is 37.8 Å². The Bertz CT molecular complexity index is 589. The minimum absolute atomic E-state index is 0.107. The van der Waals surface area contributed by atoms with E-state index < -0.39 is 23.6 Å². The molecule has 1 heterocycles. The molecule has 0 radical (unpaired) electrons. The van der Waals surface area contributed by atoms with Crippen LogP contribution in [0.4, 0.5) is 18.9 Å². The Labute approximate surface area is 119 Å². The highest BCUT2D eigenvalue weighted by atomic mass is 79.9. The summed E-state index contributed by atoms with van der Waals surface area (Å²) in [5.74, 6) is -1.97. The van der Waals surface area contributed by atoms with Gasteiger partial charge in [0, 0.05) is 6.54 Å². The van der Waals surface area contributed by atoms with Gasteiger partial charge in [0.05, 0.1) is 21.5 Å². The summed E-state index contributed by atoms with van der Waals surface area (Å²) in [5, 5.41) is 11.0. The number of hydrogen-bond acceptors (Lipinski definition) is 3. The van der Waals surface area contributed by atoms with Crippen molar-refractivity contribution < 1.29 is 22.9 Å². The summed E-state index contributed by atoms with van der Waals surface area (Å²) in [6, 6.07) is 3.10. The van der Waals surface area contributed by atoms with E-state index in [0.717, 1.165) is 0 Å². The van der Waals surface area contributed by atoms with E-state index in [1.165, 1.54) is 6.07 Å². The van der Waals surface area contributed by atoms with Crippen molar-refractivity contribution in [3.8, 4) is 0 Å². The second-order valence-corrected chi connectivity index (χ2v) is 5.12. The Morgan fingerprint density at radius 1 is 1.40 bits per heavy atom. The van der Waals surface area contributed by atoms with Crippen LogP contribution in [0, 0.1) is 10.1 Å². The Balaban J connectivity index is 2.41. The van der Waals surface area contributed by atoms with Crippen LogP contribution < -0.4 is 0 Å². The van der Waals surface area contributed by atoms with E-state index in [-0.39, 0.29) is 28.7 Å². The third kappa shape index (κ3) is 2.62. The van der Waals surface area contributed by atoms with Crippen LogP contribution in [-0.4, -0.2) is 28.5 Å². The van der Waals surface area contributed by atoms with Gasteiger partial charge in [-0.15, -0.1) is 0 Å². The van der Waals surface area contributed by atoms with Crippen molar-refractivity contribution in [2.24, 2.45) is 0 Å². The highest BCUT2D eigenvalue weighted by Crippen LogP contribution is 2.35. The molecule has 0 aromatic heterocycles. The topological polar surface area (TPSA) is 63.5 Å². The monoisotopic (exact) mass is 352 g/mol. The lowest BCUT2D eigenvalue weighted by atomic mass is 9.98. The van der Waals surface area contributed by atoms with Crippen LogP contribution in [0.15, 0.2) is 16.6 Å². The molecule has 0 saturated heterocycles. The number of amides is 1. The number of halogens is 4. The number of alkyl halides is 3. The molecule has 1 aliphatic heterocycles. The molecule has 0 bridgehead atoms. The molecule has 9 heteroatoms. The molecule has 0 spiro atoms. The number of nitrogens with zero attached hydrogens (tertiary/aromatic N) is 2. The number of benzene rings is 1. The second-order valence-electron chi connectivity index (χ2n) is 4.27.